The third-order valence-electron chi connectivity index (χ3n) is 3.89. The minimum atomic E-state index is -0.374. The van der Waals surface area contributed by atoms with Gasteiger partial charge in [0.15, 0.2) is 0 Å². The zero-order valence-electron chi connectivity index (χ0n) is 14.5. The van der Waals surface area contributed by atoms with Crippen molar-refractivity contribution in [2.24, 2.45) is 10.1 Å². The van der Waals surface area contributed by atoms with Gasteiger partial charge in [0.25, 0.3) is 0 Å². The van der Waals surface area contributed by atoms with E-state index in [1.54, 1.807) is 35.3 Å². The molecule has 2 aromatic heterocycles. The van der Waals surface area contributed by atoms with Gasteiger partial charge < -0.3 is 0 Å². The van der Waals surface area contributed by atoms with Gasteiger partial charge in [0.1, 0.15) is 11.5 Å². The standard InChI is InChI=1S/C21H14BrFN4S/c22-16-10-8-15(9-11-16)20-14-28-21(26-19-7-2-1-6-18(19)23)27(20)25-13-17-5-3-4-12-24-17/h1-14H. The van der Waals surface area contributed by atoms with E-state index in [0.29, 0.717) is 4.80 Å². The average molecular weight is 453 g/mol. The molecule has 0 aliphatic rings. The molecule has 0 N–H and O–H groups in total. The van der Waals surface area contributed by atoms with Crippen LogP contribution in [0.25, 0.3) is 11.3 Å². The molecule has 4 nitrogen and oxygen atoms in total. The molecule has 0 spiro atoms. The Morgan fingerprint density at radius 2 is 1.79 bits per heavy atom. The molecule has 0 bridgehead atoms. The van der Waals surface area contributed by atoms with Crippen molar-refractivity contribution in [3.8, 4) is 11.3 Å². The fraction of sp³-hybridized carbons (Fsp3) is 0. The Labute approximate surface area is 173 Å². The lowest BCUT2D eigenvalue weighted by Gasteiger charge is -2.04. The maximum Gasteiger partial charge on any atom is 0.211 e. The number of hydrogen-bond acceptors (Lipinski definition) is 4. The molecule has 28 heavy (non-hydrogen) atoms. The Morgan fingerprint density at radius 3 is 2.54 bits per heavy atom. The SMILES string of the molecule is Fc1ccccc1N=c1scc(-c2ccc(Br)cc2)n1N=Cc1ccccn1. The van der Waals surface area contributed by atoms with E-state index in [4.69, 9.17) is 0 Å². The maximum absolute atomic E-state index is 14.1. The molecule has 0 aliphatic heterocycles. The first-order valence-electron chi connectivity index (χ1n) is 8.42. The molecule has 0 atom stereocenters. The largest absolute Gasteiger partial charge is 0.255 e. The minimum Gasteiger partial charge on any atom is -0.255 e. The number of benzene rings is 2. The van der Waals surface area contributed by atoms with Crippen LogP contribution in [0.4, 0.5) is 10.1 Å². The summed E-state index contributed by atoms with van der Waals surface area (Å²) in [5.41, 5.74) is 2.83. The van der Waals surface area contributed by atoms with E-state index in [0.717, 1.165) is 21.4 Å². The molecule has 0 amide bonds. The molecule has 2 aromatic carbocycles. The molecule has 4 aromatic rings. The van der Waals surface area contributed by atoms with Crippen LogP contribution < -0.4 is 4.80 Å². The van der Waals surface area contributed by atoms with E-state index in [-0.39, 0.29) is 11.5 Å². The van der Waals surface area contributed by atoms with Crippen molar-refractivity contribution >= 4 is 39.2 Å². The van der Waals surface area contributed by atoms with E-state index in [1.807, 2.05) is 47.8 Å². The fourth-order valence-electron chi connectivity index (χ4n) is 2.52. The summed E-state index contributed by atoms with van der Waals surface area (Å²) in [5.74, 6) is -0.374. The highest BCUT2D eigenvalue weighted by Gasteiger charge is 2.09. The van der Waals surface area contributed by atoms with E-state index < -0.39 is 0 Å². The molecule has 0 aliphatic carbocycles. The fourth-order valence-corrected chi connectivity index (χ4v) is 3.64. The van der Waals surface area contributed by atoms with Crippen LogP contribution in [-0.4, -0.2) is 15.9 Å². The van der Waals surface area contributed by atoms with E-state index in [1.165, 1.54) is 17.4 Å². The number of aromatic nitrogens is 2. The second-order valence-corrected chi connectivity index (χ2v) is 7.54. The lowest BCUT2D eigenvalue weighted by molar-refractivity contribution is 0.628. The second kappa shape index (κ2) is 8.41. The minimum absolute atomic E-state index is 0.272. The number of nitrogens with zero attached hydrogens (tertiary/aromatic N) is 4. The van der Waals surface area contributed by atoms with Gasteiger partial charge in [0.2, 0.25) is 4.80 Å². The topological polar surface area (TPSA) is 42.5 Å². The van der Waals surface area contributed by atoms with Gasteiger partial charge in [0, 0.05) is 21.6 Å². The van der Waals surface area contributed by atoms with Crippen molar-refractivity contribution in [1.29, 1.82) is 0 Å². The van der Waals surface area contributed by atoms with Crippen LogP contribution in [0, 0.1) is 5.82 Å². The number of pyridine rings is 1. The summed E-state index contributed by atoms with van der Waals surface area (Å²) in [6, 6.07) is 20.0. The number of hydrogen-bond donors (Lipinski definition) is 0. The molecule has 0 saturated heterocycles. The molecule has 0 radical (unpaired) electrons. The monoisotopic (exact) mass is 452 g/mol. The zero-order chi connectivity index (χ0) is 19.3. The zero-order valence-corrected chi connectivity index (χ0v) is 16.9. The Morgan fingerprint density at radius 1 is 1.00 bits per heavy atom. The Hall–Kier alpha value is -2.90. The lowest BCUT2D eigenvalue weighted by atomic mass is 10.2. The molecular formula is C21H14BrFN4S. The predicted octanol–water partition coefficient (Wildman–Crippen LogP) is 5.63. The van der Waals surface area contributed by atoms with Gasteiger partial charge in [-0.2, -0.15) is 5.10 Å². The van der Waals surface area contributed by atoms with Gasteiger partial charge in [-0.05, 0) is 36.4 Å². The van der Waals surface area contributed by atoms with Crippen LogP contribution in [0.5, 0.6) is 0 Å². The predicted molar refractivity (Wildman–Crippen MR) is 114 cm³/mol. The van der Waals surface area contributed by atoms with Crippen LogP contribution in [0.15, 0.2) is 92.9 Å². The van der Waals surface area contributed by atoms with Crippen molar-refractivity contribution < 1.29 is 4.39 Å². The van der Waals surface area contributed by atoms with E-state index in [2.05, 4.69) is 31.0 Å². The highest BCUT2D eigenvalue weighted by molar-refractivity contribution is 9.10. The molecule has 0 unspecified atom stereocenters. The van der Waals surface area contributed by atoms with Gasteiger partial charge in [-0.25, -0.2) is 14.1 Å². The van der Waals surface area contributed by atoms with Gasteiger partial charge in [-0.15, -0.1) is 11.3 Å². The van der Waals surface area contributed by atoms with E-state index in [9.17, 15) is 4.39 Å². The summed E-state index contributed by atoms with van der Waals surface area (Å²) in [6.45, 7) is 0. The first kappa shape index (κ1) is 18.5. The molecular weight excluding hydrogens is 439 g/mol. The summed E-state index contributed by atoms with van der Waals surface area (Å²) in [5, 5.41) is 6.53. The molecule has 0 saturated carbocycles. The summed E-state index contributed by atoms with van der Waals surface area (Å²) in [6.07, 6.45) is 3.37. The highest BCUT2D eigenvalue weighted by Crippen LogP contribution is 2.23. The number of rotatable bonds is 4. The summed E-state index contributed by atoms with van der Waals surface area (Å²) in [7, 11) is 0. The van der Waals surface area contributed by atoms with E-state index >= 15 is 0 Å². The summed E-state index contributed by atoms with van der Waals surface area (Å²) < 4.78 is 16.8. The third-order valence-corrected chi connectivity index (χ3v) is 5.23. The second-order valence-electron chi connectivity index (χ2n) is 5.78. The number of thiazole rings is 1. The Kier molecular flexibility index (Phi) is 5.55. The first-order chi connectivity index (χ1) is 13.7. The maximum atomic E-state index is 14.1. The Balaban J connectivity index is 1.86. The summed E-state index contributed by atoms with van der Waals surface area (Å²) >= 11 is 4.85. The van der Waals surface area contributed by atoms with Gasteiger partial charge in [-0.1, -0.05) is 46.3 Å². The van der Waals surface area contributed by atoms with Gasteiger partial charge in [-0.3, -0.25) is 4.98 Å². The van der Waals surface area contributed by atoms with Crippen LogP contribution in [0.2, 0.25) is 0 Å². The molecule has 0 fully saturated rings. The first-order valence-corrected chi connectivity index (χ1v) is 10.1. The quantitative estimate of drug-likeness (QED) is 0.370. The third kappa shape index (κ3) is 4.16. The molecule has 2 heterocycles. The van der Waals surface area contributed by atoms with Crippen LogP contribution in [0.1, 0.15) is 5.69 Å². The van der Waals surface area contributed by atoms with Gasteiger partial charge >= 0.3 is 0 Å². The van der Waals surface area contributed by atoms with Crippen molar-refractivity contribution in [1.82, 2.24) is 9.66 Å². The van der Waals surface area contributed by atoms with Crippen LogP contribution in [-0.2, 0) is 0 Å². The number of para-hydroxylation sites is 1. The molecule has 7 heteroatoms. The van der Waals surface area contributed by atoms with Crippen molar-refractivity contribution in [2.45, 2.75) is 0 Å². The van der Waals surface area contributed by atoms with Crippen LogP contribution >= 0.6 is 27.3 Å². The smallest absolute Gasteiger partial charge is 0.211 e. The van der Waals surface area contributed by atoms with Crippen molar-refractivity contribution in [2.75, 3.05) is 0 Å². The van der Waals surface area contributed by atoms with Crippen LogP contribution in [0.3, 0.4) is 0 Å². The summed E-state index contributed by atoms with van der Waals surface area (Å²) in [4.78, 5) is 9.31. The lowest BCUT2D eigenvalue weighted by Crippen LogP contribution is -2.11. The average Bonchev–Trinajstić information content (AvgIpc) is 3.12. The normalized spacial score (nSPS) is 12.0. The Bertz CT molecular complexity index is 1180. The van der Waals surface area contributed by atoms with Crippen molar-refractivity contribution in [3.63, 3.8) is 0 Å². The highest BCUT2D eigenvalue weighted by atomic mass is 79.9. The number of halogens is 2. The van der Waals surface area contributed by atoms with Gasteiger partial charge in [0.05, 0.1) is 17.6 Å². The van der Waals surface area contributed by atoms with Crippen molar-refractivity contribution in [3.05, 3.63) is 99.1 Å². The molecule has 4 rings (SSSR count). The molecule has 138 valence electrons.